The van der Waals surface area contributed by atoms with Gasteiger partial charge in [0.05, 0.1) is 16.6 Å². The first-order valence-electron chi connectivity index (χ1n) is 4.59. The zero-order chi connectivity index (χ0) is 12.6. The van der Waals surface area contributed by atoms with E-state index in [0.717, 1.165) is 18.3 Å². The van der Waals surface area contributed by atoms with Crippen LogP contribution in [0.2, 0.25) is 0 Å². The highest BCUT2D eigenvalue weighted by Crippen LogP contribution is 2.27. The molecule has 1 amide bonds. The number of hydrogen-bond acceptors (Lipinski definition) is 4. The zero-order valence-electron chi connectivity index (χ0n) is 8.50. The quantitative estimate of drug-likeness (QED) is 0.387. The fraction of sp³-hybridized carbons (Fsp3) is 0. The van der Waals surface area contributed by atoms with Crippen molar-refractivity contribution in [1.82, 2.24) is 10.4 Å². The summed E-state index contributed by atoms with van der Waals surface area (Å²) in [5.74, 6) is 2.75. The lowest BCUT2D eigenvalue weighted by Crippen LogP contribution is -2.30. The third-order valence-corrected chi connectivity index (χ3v) is 2.34. The van der Waals surface area contributed by atoms with Crippen molar-refractivity contribution in [2.24, 2.45) is 5.84 Å². The van der Waals surface area contributed by atoms with Crippen LogP contribution >= 0.6 is 0 Å². The van der Waals surface area contributed by atoms with E-state index in [1.54, 1.807) is 0 Å². The smallest absolute Gasteiger partial charge is 0.268 e. The lowest BCUT2D eigenvalue weighted by atomic mass is 10.1. The second-order valence-electron chi connectivity index (χ2n) is 3.31. The first kappa shape index (κ1) is 11.2. The van der Waals surface area contributed by atoms with E-state index in [4.69, 9.17) is 11.6 Å². The number of rotatable bonds is 1. The highest BCUT2D eigenvalue weighted by Gasteiger charge is 2.17. The number of anilines is 1. The molecule has 2 aromatic rings. The van der Waals surface area contributed by atoms with Crippen molar-refractivity contribution in [3.05, 3.63) is 35.5 Å². The molecule has 5 nitrogen and oxygen atoms in total. The number of nitrogen functional groups attached to an aromatic ring is 2. The van der Waals surface area contributed by atoms with E-state index in [2.05, 4.69) is 4.98 Å². The van der Waals surface area contributed by atoms with Gasteiger partial charge in [0, 0.05) is 6.20 Å². The van der Waals surface area contributed by atoms with Crippen LogP contribution in [0.15, 0.2) is 18.3 Å². The SMILES string of the molecule is NNC(=O)c1cnc2c(F)ccc(F)c2c1N. The van der Waals surface area contributed by atoms with E-state index < -0.39 is 17.5 Å². The number of aromatic nitrogens is 1. The van der Waals surface area contributed by atoms with E-state index in [9.17, 15) is 13.6 Å². The van der Waals surface area contributed by atoms with Crippen LogP contribution in [0.3, 0.4) is 0 Å². The Bertz CT molecular complexity index is 615. The van der Waals surface area contributed by atoms with E-state index in [0.29, 0.717) is 0 Å². The Balaban J connectivity index is 2.84. The van der Waals surface area contributed by atoms with E-state index in [1.807, 2.05) is 5.43 Å². The lowest BCUT2D eigenvalue weighted by Gasteiger charge is -2.08. The van der Waals surface area contributed by atoms with Gasteiger partial charge < -0.3 is 5.73 Å². The van der Waals surface area contributed by atoms with E-state index in [-0.39, 0.29) is 22.2 Å². The number of amides is 1. The molecule has 88 valence electrons. The van der Waals surface area contributed by atoms with Gasteiger partial charge in [-0.3, -0.25) is 15.2 Å². The Morgan fingerprint density at radius 2 is 1.94 bits per heavy atom. The molecule has 1 aromatic carbocycles. The number of carbonyl (C=O) groups is 1. The molecule has 1 heterocycles. The molecule has 2 rings (SSSR count). The number of hydrogen-bond donors (Lipinski definition) is 3. The summed E-state index contributed by atoms with van der Waals surface area (Å²) in [5, 5.41) is -0.230. The average molecular weight is 238 g/mol. The Morgan fingerprint density at radius 1 is 1.29 bits per heavy atom. The summed E-state index contributed by atoms with van der Waals surface area (Å²) >= 11 is 0. The fourth-order valence-electron chi connectivity index (χ4n) is 1.52. The maximum absolute atomic E-state index is 13.5. The van der Waals surface area contributed by atoms with Gasteiger partial charge in [-0.25, -0.2) is 14.6 Å². The largest absolute Gasteiger partial charge is 0.397 e. The minimum atomic E-state index is -0.752. The number of carbonyl (C=O) groups excluding carboxylic acids is 1. The van der Waals surface area contributed by atoms with Gasteiger partial charge in [-0.15, -0.1) is 0 Å². The number of benzene rings is 1. The summed E-state index contributed by atoms with van der Waals surface area (Å²) in [6, 6.07) is 1.85. The van der Waals surface area contributed by atoms with Gasteiger partial charge in [0.2, 0.25) is 0 Å². The fourth-order valence-corrected chi connectivity index (χ4v) is 1.52. The molecule has 0 unspecified atom stereocenters. The molecule has 7 heteroatoms. The Labute approximate surface area is 94.4 Å². The lowest BCUT2D eigenvalue weighted by molar-refractivity contribution is 0.0954. The van der Waals surface area contributed by atoms with E-state index >= 15 is 0 Å². The van der Waals surface area contributed by atoms with Crippen molar-refractivity contribution in [2.75, 3.05) is 5.73 Å². The molecular formula is C10H8F2N4O. The van der Waals surface area contributed by atoms with Crippen LogP contribution in [0.1, 0.15) is 10.4 Å². The van der Waals surface area contributed by atoms with Gasteiger partial charge >= 0.3 is 0 Å². The van der Waals surface area contributed by atoms with Crippen LogP contribution in [0, 0.1) is 11.6 Å². The van der Waals surface area contributed by atoms with E-state index in [1.165, 1.54) is 0 Å². The Morgan fingerprint density at radius 3 is 2.59 bits per heavy atom. The first-order chi connectivity index (χ1) is 8.06. The van der Waals surface area contributed by atoms with Crippen molar-refractivity contribution in [3.63, 3.8) is 0 Å². The molecule has 0 fully saturated rings. The van der Waals surface area contributed by atoms with Crippen molar-refractivity contribution >= 4 is 22.5 Å². The predicted molar refractivity (Wildman–Crippen MR) is 57.7 cm³/mol. The van der Waals surface area contributed by atoms with Crippen LogP contribution in [0.25, 0.3) is 10.9 Å². The standard InChI is InChI=1S/C10H8F2N4O/c11-5-1-2-6(12)9-7(5)8(13)4(3-15-9)10(17)16-14/h1-3H,14H2,(H2,13,15)(H,16,17). The summed E-state index contributed by atoms with van der Waals surface area (Å²) in [5.41, 5.74) is 6.92. The molecule has 0 spiro atoms. The van der Waals surface area contributed by atoms with Crippen LogP contribution < -0.4 is 17.0 Å². The van der Waals surface area contributed by atoms with Crippen LogP contribution in [0.5, 0.6) is 0 Å². The molecule has 0 atom stereocenters. The number of pyridine rings is 1. The minimum Gasteiger partial charge on any atom is -0.397 e. The predicted octanol–water partition coefficient (Wildman–Crippen LogP) is 0.699. The number of halogens is 2. The molecule has 0 bridgehead atoms. The van der Waals surface area contributed by atoms with Gasteiger partial charge in [-0.05, 0) is 12.1 Å². The van der Waals surface area contributed by atoms with Crippen molar-refractivity contribution in [1.29, 1.82) is 0 Å². The van der Waals surface area contributed by atoms with Crippen molar-refractivity contribution < 1.29 is 13.6 Å². The molecule has 0 saturated carbocycles. The summed E-state index contributed by atoms with van der Waals surface area (Å²) in [6.07, 6.45) is 1.04. The van der Waals surface area contributed by atoms with Gasteiger partial charge in [-0.2, -0.15) is 0 Å². The molecule has 0 aliphatic heterocycles. The molecule has 5 N–H and O–H groups in total. The molecule has 17 heavy (non-hydrogen) atoms. The molecule has 0 aliphatic carbocycles. The highest BCUT2D eigenvalue weighted by atomic mass is 19.1. The summed E-state index contributed by atoms with van der Waals surface area (Å²) in [4.78, 5) is 15.0. The van der Waals surface area contributed by atoms with Crippen molar-refractivity contribution in [3.8, 4) is 0 Å². The third-order valence-electron chi connectivity index (χ3n) is 2.34. The minimum absolute atomic E-state index is 0.107. The number of nitrogens with two attached hydrogens (primary N) is 2. The third kappa shape index (κ3) is 1.66. The first-order valence-corrected chi connectivity index (χ1v) is 4.59. The number of nitrogens with zero attached hydrogens (tertiary/aromatic N) is 1. The normalized spacial score (nSPS) is 10.5. The summed E-state index contributed by atoms with van der Waals surface area (Å²) in [7, 11) is 0. The van der Waals surface area contributed by atoms with Gasteiger partial charge in [0.15, 0.2) is 0 Å². The molecule has 0 saturated heterocycles. The van der Waals surface area contributed by atoms with Crippen LogP contribution in [-0.2, 0) is 0 Å². The van der Waals surface area contributed by atoms with Crippen LogP contribution in [0.4, 0.5) is 14.5 Å². The maximum Gasteiger partial charge on any atom is 0.268 e. The van der Waals surface area contributed by atoms with Crippen molar-refractivity contribution in [2.45, 2.75) is 0 Å². The monoisotopic (exact) mass is 238 g/mol. The summed E-state index contributed by atoms with van der Waals surface area (Å²) < 4.78 is 26.9. The second-order valence-corrected chi connectivity index (χ2v) is 3.31. The number of fused-ring (bicyclic) bond motifs is 1. The second kappa shape index (κ2) is 3.95. The molecular weight excluding hydrogens is 230 g/mol. The topological polar surface area (TPSA) is 94.0 Å². The molecule has 0 aliphatic rings. The van der Waals surface area contributed by atoms with Gasteiger partial charge in [-0.1, -0.05) is 0 Å². The molecule has 0 radical (unpaired) electrons. The highest BCUT2D eigenvalue weighted by molar-refractivity contribution is 6.06. The van der Waals surface area contributed by atoms with Crippen LogP contribution in [-0.4, -0.2) is 10.9 Å². The van der Waals surface area contributed by atoms with Gasteiger partial charge in [0.25, 0.3) is 5.91 Å². The molecule has 1 aromatic heterocycles. The Hall–Kier alpha value is -2.28. The zero-order valence-corrected chi connectivity index (χ0v) is 8.50. The van der Waals surface area contributed by atoms with Gasteiger partial charge in [0.1, 0.15) is 17.2 Å². The average Bonchev–Trinajstić information content (AvgIpc) is 2.33. The maximum atomic E-state index is 13.5. The number of nitrogens with one attached hydrogen (secondary N) is 1. The Kier molecular flexibility index (Phi) is 2.60. The number of hydrazine groups is 1. The summed E-state index contributed by atoms with van der Waals surface area (Å²) in [6.45, 7) is 0.